The second-order valence-electron chi connectivity index (χ2n) is 4.78. The van der Waals surface area contributed by atoms with E-state index in [9.17, 15) is 15.2 Å². The van der Waals surface area contributed by atoms with Crippen molar-refractivity contribution in [3.8, 4) is 17.2 Å². The first-order valence-electron chi connectivity index (χ1n) is 6.73. The predicted molar refractivity (Wildman–Crippen MR) is 79.5 cm³/mol. The molecule has 0 bridgehead atoms. The minimum atomic E-state index is -0.493. The molecule has 0 amide bonds. The highest BCUT2D eigenvalue weighted by atomic mass is 16.6. The molecular formula is C15H14N2O5. The Kier molecular flexibility index (Phi) is 3.69. The third kappa shape index (κ3) is 2.88. The fourth-order valence-electron chi connectivity index (χ4n) is 2.18. The lowest BCUT2D eigenvalue weighted by molar-refractivity contribution is -0.384. The van der Waals surface area contributed by atoms with Gasteiger partial charge in [0.2, 0.25) is 0 Å². The van der Waals surface area contributed by atoms with Crippen LogP contribution in [0.4, 0.5) is 11.4 Å². The molecule has 22 heavy (non-hydrogen) atoms. The van der Waals surface area contributed by atoms with Gasteiger partial charge in [0.15, 0.2) is 11.5 Å². The summed E-state index contributed by atoms with van der Waals surface area (Å²) in [4.78, 5) is 10.3. The van der Waals surface area contributed by atoms with E-state index >= 15 is 0 Å². The molecule has 114 valence electrons. The summed E-state index contributed by atoms with van der Waals surface area (Å²) in [5.74, 6) is 1.35. The summed E-state index contributed by atoms with van der Waals surface area (Å²) in [5.41, 5.74) is 1.16. The molecule has 2 aromatic carbocycles. The number of aromatic hydroxyl groups is 1. The van der Waals surface area contributed by atoms with Crippen molar-refractivity contribution >= 4 is 11.4 Å². The first kappa shape index (κ1) is 14.0. The summed E-state index contributed by atoms with van der Waals surface area (Å²) in [6.45, 7) is 1.29. The number of hydrogen-bond donors (Lipinski definition) is 2. The summed E-state index contributed by atoms with van der Waals surface area (Å²) in [7, 11) is 0. The van der Waals surface area contributed by atoms with Crippen LogP contribution >= 0.6 is 0 Å². The van der Waals surface area contributed by atoms with Gasteiger partial charge in [-0.05, 0) is 18.2 Å². The molecule has 0 aliphatic carbocycles. The van der Waals surface area contributed by atoms with Gasteiger partial charge in [0.1, 0.15) is 19.0 Å². The van der Waals surface area contributed by atoms with Crippen molar-refractivity contribution < 1.29 is 19.5 Å². The Labute approximate surface area is 126 Å². The molecule has 0 fully saturated rings. The molecule has 0 saturated carbocycles. The van der Waals surface area contributed by atoms with Crippen LogP contribution in [-0.2, 0) is 6.54 Å². The maximum absolute atomic E-state index is 10.8. The standard InChI is InChI=1S/C15H14N2O5/c18-13-3-2-12(17(19)20)7-10(13)9-16-11-1-4-14-15(8-11)22-6-5-21-14/h1-4,7-8,16,18H,5-6,9H2. The number of benzene rings is 2. The maximum Gasteiger partial charge on any atom is 0.270 e. The fourth-order valence-corrected chi connectivity index (χ4v) is 2.18. The lowest BCUT2D eigenvalue weighted by atomic mass is 10.1. The molecule has 1 aliphatic rings. The third-order valence-corrected chi connectivity index (χ3v) is 3.30. The minimum absolute atomic E-state index is 0.00985. The lowest BCUT2D eigenvalue weighted by Crippen LogP contribution is -2.15. The van der Waals surface area contributed by atoms with E-state index in [4.69, 9.17) is 9.47 Å². The smallest absolute Gasteiger partial charge is 0.270 e. The highest BCUT2D eigenvalue weighted by Gasteiger charge is 2.13. The van der Waals surface area contributed by atoms with E-state index in [1.807, 2.05) is 6.07 Å². The Morgan fingerprint density at radius 2 is 1.91 bits per heavy atom. The summed E-state index contributed by atoms with van der Waals surface area (Å²) in [6, 6.07) is 9.34. The number of nitrogens with zero attached hydrogens (tertiary/aromatic N) is 1. The molecule has 3 rings (SSSR count). The minimum Gasteiger partial charge on any atom is -0.508 e. The van der Waals surface area contributed by atoms with E-state index in [-0.39, 0.29) is 18.0 Å². The monoisotopic (exact) mass is 302 g/mol. The predicted octanol–water partition coefficient (Wildman–Crippen LogP) is 2.68. The van der Waals surface area contributed by atoms with E-state index in [1.165, 1.54) is 18.2 Å². The summed E-state index contributed by atoms with van der Waals surface area (Å²) >= 11 is 0. The summed E-state index contributed by atoms with van der Waals surface area (Å²) in [6.07, 6.45) is 0. The zero-order valence-electron chi connectivity index (χ0n) is 11.6. The fraction of sp³-hybridized carbons (Fsp3) is 0.200. The summed E-state index contributed by atoms with van der Waals surface area (Å²) < 4.78 is 10.9. The molecule has 7 nitrogen and oxygen atoms in total. The van der Waals surface area contributed by atoms with Crippen molar-refractivity contribution in [2.75, 3.05) is 18.5 Å². The largest absolute Gasteiger partial charge is 0.508 e. The van der Waals surface area contributed by atoms with Crippen LogP contribution in [0.2, 0.25) is 0 Å². The van der Waals surface area contributed by atoms with E-state index in [0.717, 1.165) is 5.69 Å². The number of nitro benzene ring substituents is 1. The number of rotatable bonds is 4. The van der Waals surface area contributed by atoms with Crippen LogP contribution < -0.4 is 14.8 Å². The average molecular weight is 302 g/mol. The van der Waals surface area contributed by atoms with Gasteiger partial charge in [-0.1, -0.05) is 0 Å². The van der Waals surface area contributed by atoms with Gasteiger partial charge in [-0.3, -0.25) is 10.1 Å². The quantitative estimate of drug-likeness (QED) is 0.666. The van der Waals surface area contributed by atoms with E-state index in [1.54, 1.807) is 12.1 Å². The summed E-state index contributed by atoms with van der Waals surface area (Å²) in [5, 5.41) is 23.7. The molecule has 1 aliphatic heterocycles. The van der Waals surface area contributed by atoms with Crippen LogP contribution in [0.15, 0.2) is 36.4 Å². The van der Waals surface area contributed by atoms with E-state index in [2.05, 4.69) is 5.32 Å². The van der Waals surface area contributed by atoms with Crippen molar-refractivity contribution in [1.82, 2.24) is 0 Å². The number of non-ortho nitro benzene ring substituents is 1. The van der Waals surface area contributed by atoms with Crippen LogP contribution in [0.1, 0.15) is 5.56 Å². The molecular weight excluding hydrogens is 288 g/mol. The maximum atomic E-state index is 10.8. The van der Waals surface area contributed by atoms with Gasteiger partial charge in [-0.25, -0.2) is 0 Å². The van der Waals surface area contributed by atoms with Crippen LogP contribution in [0.25, 0.3) is 0 Å². The van der Waals surface area contributed by atoms with Crippen molar-refractivity contribution in [3.05, 3.63) is 52.1 Å². The Morgan fingerprint density at radius 1 is 1.14 bits per heavy atom. The van der Waals surface area contributed by atoms with Crippen molar-refractivity contribution in [2.24, 2.45) is 0 Å². The van der Waals surface area contributed by atoms with Crippen LogP contribution in [0.3, 0.4) is 0 Å². The van der Waals surface area contributed by atoms with Crippen molar-refractivity contribution in [2.45, 2.75) is 6.54 Å². The van der Waals surface area contributed by atoms with Crippen LogP contribution in [0, 0.1) is 10.1 Å². The Hall–Kier alpha value is -2.96. The number of nitrogens with one attached hydrogen (secondary N) is 1. The number of fused-ring (bicyclic) bond motifs is 1. The van der Waals surface area contributed by atoms with Gasteiger partial charge in [0.25, 0.3) is 5.69 Å². The van der Waals surface area contributed by atoms with Crippen molar-refractivity contribution in [3.63, 3.8) is 0 Å². The molecule has 0 aromatic heterocycles. The number of phenolic OH excluding ortho intramolecular Hbond substituents is 1. The van der Waals surface area contributed by atoms with Crippen LogP contribution in [-0.4, -0.2) is 23.2 Å². The molecule has 0 atom stereocenters. The van der Waals surface area contributed by atoms with Crippen LogP contribution in [0.5, 0.6) is 17.2 Å². The molecule has 2 aromatic rings. The van der Waals surface area contributed by atoms with Gasteiger partial charge < -0.3 is 19.9 Å². The molecule has 2 N–H and O–H groups in total. The SMILES string of the molecule is O=[N+]([O-])c1ccc(O)c(CNc2ccc3c(c2)OCCO3)c1. The Bertz CT molecular complexity index is 717. The second kappa shape index (κ2) is 5.80. The Morgan fingerprint density at radius 3 is 2.68 bits per heavy atom. The number of phenols is 1. The van der Waals surface area contributed by atoms with Crippen molar-refractivity contribution in [1.29, 1.82) is 0 Å². The van der Waals surface area contributed by atoms with E-state index < -0.39 is 4.92 Å². The highest BCUT2D eigenvalue weighted by molar-refractivity contribution is 5.56. The number of hydrogen-bond acceptors (Lipinski definition) is 6. The first-order chi connectivity index (χ1) is 10.6. The van der Waals surface area contributed by atoms with E-state index in [0.29, 0.717) is 30.3 Å². The van der Waals surface area contributed by atoms with Gasteiger partial charge in [-0.2, -0.15) is 0 Å². The molecule has 0 unspecified atom stereocenters. The highest BCUT2D eigenvalue weighted by Crippen LogP contribution is 2.33. The molecule has 7 heteroatoms. The molecule has 0 spiro atoms. The van der Waals surface area contributed by atoms with Gasteiger partial charge >= 0.3 is 0 Å². The molecule has 1 heterocycles. The normalized spacial score (nSPS) is 12.7. The van der Waals surface area contributed by atoms with Gasteiger partial charge in [-0.15, -0.1) is 0 Å². The zero-order valence-corrected chi connectivity index (χ0v) is 11.6. The second-order valence-corrected chi connectivity index (χ2v) is 4.78. The number of ether oxygens (including phenoxy) is 2. The first-order valence-corrected chi connectivity index (χ1v) is 6.73. The van der Waals surface area contributed by atoms with Gasteiger partial charge in [0.05, 0.1) is 4.92 Å². The third-order valence-electron chi connectivity index (χ3n) is 3.30. The lowest BCUT2D eigenvalue weighted by Gasteiger charge is -2.19. The molecule has 0 saturated heterocycles. The topological polar surface area (TPSA) is 93.9 Å². The molecule has 0 radical (unpaired) electrons. The number of nitro groups is 1. The average Bonchev–Trinajstić information content (AvgIpc) is 2.53. The number of anilines is 1. The Balaban J connectivity index is 1.75. The van der Waals surface area contributed by atoms with Gasteiger partial charge in [0, 0.05) is 36.0 Å². The zero-order chi connectivity index (χ0) is 15.5.